The highest BCUT2D eigenvalue weighted by molar-refractivity contribution is 5.95. The van der Waals surface area contributed by atoms with E-state index >= 15 is 0 Å². The number of pyridine rings is 1. The fraction of sp³-hybridized carbons (Fsp3) is 0.0625. The first-order valence-electron chi connectivity index (χ1n) is 6.46. The van der Waals surface area contributed by atoms with Gasteiger partial charge in [0.25, 0.3) is 0 Å². The molecule has 0 aliphatic rings. The van der Waals surface area contributed by atoms with Gasteiger partial charge in [0.05, 0.1) is 23.6 Å². The van der Waals surface area contributed by atoms with Gasteiger partial charge in [0.15, 0.2) is 5.65 Å². The average Bonchev–Trinajstić information content (AvgIpc) is 2.92. The molecule has 4 nitrogen and oxygen atoms in total. The van der Waals surface area contributed by atoms with Crippen LogP contribution in [0.2, 0.25) is 0 Å². The van der Waals surface area contributed by atoms with Gasteiger partial charge in [0, 0.05) is 29.5 Å². The van der Waals surface area contributed by atoms with Crippen LogP contribution in [0.1, 0.15) is 5.56 Å². The third-order valence-corrected chi connectivity index (χ3v) is 3.56. The van der Waals surface area contributed by atoms with Crippen LogP contribution in [0.25, 0.3) is 27.8 Å². The normalized spacial score (nSPS) is 11.2. The molecular formula is C16H12N4. The van der Waals surface area contributed by atoms with E-state index in [0.29, 0.717) is 0 Å². The minimum absolute atomic E-state index is 0.847. The number of nitrogens with zero attached hydrogens (tertiary/aromatic N) is 4. The van der Waals surface area contributed by atoms with E-state index in [4.69, 9.17) is 0 Å². The molecule has 4 rings (SSSR count). The zero-order valence-corrected chi connectivity index (χ0v) is 11.0. The van der Waals surface area contributed by atoms with E-state index in [-0.39, 0.29) is 0 Å². The molecule has 0 N–H and O–H groups in total. The summed E-state index contributed by atoms with van der Waals surface area (Å²) in [6, 6.07) is 8.30. The highest BCUT2D eigenvalue weighted by Gasteiger charge is 2.10. The van der Waals surface area contributed by atoms with Crippen molar-refractivity contribution in [3.8, 4) is 11.3 Å². The summed E-state index contributed by atoms with van der Waals surface area (Å²) in [5.74, 6) is 0. The van der Waals surface area contributed by atoms with Crippen molar-refractivity contribution in [3.63, 3.8) is 0 Å². The Kier molecular flexibility index (Phi) is 2.29. The van der Waals surface area contributed by atoms with Crippen molar-refractivity contribution in [2.24, 2.45) is 0 Å². The fourth-order valence-electron chi connectivity index (χ4n) is 2.58. The molecule has 3 heterocycles. The lowest BCUT2D eigenvalue weighted by Crippen LogP contribution is -1.91. The lowest BCUT2D eigenvalue weighted by Gasteiger charge is -2.08. The Bertz CT molecular complexity index is 924. The predicted octanol–water partition coefficient (Wildman–Crippen LogP) is 3.25. The molecule has 4 heteroatoms. The van der Waals surface area contributed by atoms with Gasteiger partial charge in [-0.15, -0.1) is 0 Å². The molecule has 0 fully saturated rings. The van der Waals surface area contributed by atoms with E-state index in [9.17, 15) is 0 Å². The van der Waals surface area contributed by atoms with Gasteiger partial charge in [-0.2, -0.15) is 0 Å². The van der Waals surface area contributed by atoms with Crippen molar-refractivity contribution in [2.45, 2.75) is 6.92 Å². The van der Waals surface area contributed by atoms with Crippen LogP contribution in [0.3, 0.4) is 0 Å². The number of benzene rings is 1. The molecule has 3 aromatic heterocycles. The first-order valence-corrected chi connectivity index (χ1v) is 6.46. The van der Waals surface area contributed by atoms with E-state index < -0.39 is 0 Å². The summed E-state index contributed by atoms with van der Waals surface area (Å²) < 4.78 is 2.05. The number of aryl methyl sites for hydroxylation is 1. The van der Waals surface area contributed by atoms with E-state index in [0.717, 1.165) is 27.8 Å². The number of rotatable bonds is 1. The highest BCUT2D eigenvalue weighted by Crippen LogP contribution is 2.29. The maximum atomic E-state index is 4.49. The van der Waals surface area contributed by atoms with E-state index in [2.05, 4.69) is 40.1 Å². The van der Waals surface area contributed by atoms with Crippen LogP contribution < -0.4 is 0 Å². The first kappa shape index (κ1) is 11.1. The zero-order chi connectivity index (χ0) is 13.5. The Hall–Kier alpha value is -2.75. The SMILES string of the molecule is Cc1ccc(-c2cnc3cnccn23)c2cccnc12. The number of aromatic nitrogens is 4. The van der Waals surface area contributed by atoms with Gasteiger partial charge in [-0.05, 0) is 18.6 Å². The molecule has 4 aromatic rings. The summed E-state index contributed by atoms with van der Waals surface area (Å²) in [6.45, 7) is 2.08. The first-order chi connectivity index (χ1) is 9.84. The molecule has 0 spiro atoms. The molecule has 0 radical (unpaired) electrons. The van der Waals surface area contributed by atoms with Crippen LogP contribution in [-0.2, 0) is 0 Å². The van der Waals surface area contributed by atoms with Crippen LogP contribution in [0, 0.1) is 6.92 Å². The Balaban J connectivity index is 2.10. The van der Waals surface area contributed by atoms with Crippen molar-refractivity contribution in [2.75, 3.05) is 0 Å². The van der Waals surface area contributed by atoms with E-state index in [1.165, 1.54) is 5.56 Å². The Morgan fingerprint density at radius 1 is 1.00 bits per heavy atom. The molecule has 0 aliphatic carbocycles. The Labute approximate surface area is 115 Å². The number of hydrogen-bond donors (Lipinski definition) is 0. The summed E-state index contributed by atoms with van der Waals surface area (Å²) in [5.41, 5.74) is 5.26. The average molecular weight is 260 g/mol. The topological polar surface area (TPSA) is 43.1 Å². The number of fused-ring (bicyclic) bond motifs is 2. The molecule has 96 valence electrons. The third-order valence-electron chi connectivity index (χ3n) is 3.56. The zero-order valence-electron chi connectivity index (χ0n) is 11.0. The highest BCUT2D eigenvalue weighted by atomic mass is 15.0. The molecule has 0 atom stereocenters. The Morgan fingerprint density at radius 2 is 1.95 bits per heavy atom. The van der Waals surface area contributed by atoms with Gasteiger partial charge in [-0.3, -0.25) is 14.4 Å². The van der Waals surface area contributed by atoms with E-state index in [1.807, 2.05) is 29.1 Å². The molecule has 0 unspecified atom stereocenters. The van der Waals surface area contributed by atoms with Crippen molar-refractivity contribution < 1.29 is 0 Å². The molecule has 0 amide bonds. The number of hydrogen-bond acceptors (Lipinski definition) is 3. The number of imidazole rings is 1. The molecule has 0 saturated carbocycles. The maximum Gasteiger partial charge on any atom is 0.155 e. The maximum absolute atomic E-state index is 4.49. The predicted molar refractivity (Wildman–Crippen MR) is 78.5 cm³/mol. The van der Waals surface area contributed by atoms with Crippen LogP contribution >= 0.6 is 0 Å². The molecule has 0 saturated heterocycles. The molecular weight excluding hydrogens is 248 g/mol. The molecule has 0 bridgehead atoms. The second-order valence-corrected chi connectivity index (χ2v) is 4.78. The van der Waals surface area contributed by atoms with Gasteiger partial charge in [-0.1, -0.05) is 18.2 Å². The minimum atomic E-state index is 0.847. The summed E-state index contributed by atoms with van der Waals surface area (Å²) in [5, 5.41) is 1.14. The lowest BCUT2D eigenvalue weighted by atomic mass is 10.0. The van der Waals surface area contributed by atoms with Crippen LogP contribution in [0.4, 0.5) is 0 Å². The van der Waals surface area contributed by atoms with Crippen LogP contribution in [0.5, 0.6) is 0 Å². The fourth-order valence-corrected chi connectivity index (χ4v) is 2.58. The van der Waals surface area contributed by atoms with Crippen LogP contribution in [0.15, 0.2) is 55.2 Å². The van der Waals surface area contributed by atoms with Gasteiger partial charge < -0.3 is 0 Å². The van der Waals surface area contributed by atoms with Crippen molar-refractivity contribution >= 4 is 16.6 Å². The lowest BCUT2D eigenvalue weighted by molar-refractivity contribution is 1.13. The summed E-state index contributed by atoms with van der Waals surface area (Å²) in [6.07, 6.45) is 9.18. The van der Waals surface area contributed by atoms with Crippen molar-refractivity contribution in [1.29, 1.82) is 0 Å². The van der Waals surface area contributed by atoms with Gasteiger partial charge in [0.2, 0.25) is 0 Å². The molecule has 20 heavy (non-hydrogen) atoms. The molecule has 1 aromatic carbocycles. The molecule has 0 aliphatic heterocycles. The van der Waals surface area contributed by atoms with Gasteiger partial charge in [0.1, 0.15) is 0 Å². The quantitative estimate of drug-likeness (QED) is 0.527. The smallest absolute Gasteiger partial charge is 0.155 e. The largest absolute Gasteiger partial charge is 0.297 e. The van der Waals surface area contributed by atoms with Gasteiger partial charge >= 0.3 is 0 Å². The summed E-state index contributed by atoms with van der Waals surface area (Å²) in [7, 11) is 0. The second-order valence-electron chi connectivity index (χ2n) is 4.78. The Morgan fingerprint density at radius 3 is 2.90 bits per heavy atom. The van der Waals surface area contributed by atoms with Crippen LogP contribution in [-0.4, -0.2) is 19.4 Å². The van der Waals surface area contributed by atoms with Crippen molar-refractivity contribution in [1.82, 2.24) is 19.4 Å². The van der Waals surface area contributed by atoms with Gasteiger partial charge in [-0.25, -0.2) is 4.98 Å². The minimum Gasteiger partial charge on any atom is -0.297 e. The summed E-state index contributed by atoms with van der Waals surface area (Å²) >= 11 is 0. The third kappa shape index (κ3) is 1.51. The monoisotopic (exact) mass is 260 g/mol. The summed E-state index contributed by atoms with van der Waals surface area (Å²) in [4.78, 5) is 13.0. The second kappa shape index (κ2) is 4.13. The standard InChI is InChI=1S/C16H12N4/c1-11-4-5-12(13-3-2-6-18-16(11)13)14-9-19-15-10-17-7-8-20(14)15/h2-10H,1H3. The van der Waals surface area contributed by atoms with Crippen molar-refractivity contribution in [3.05, 3.63) is 60.8 Å². The van der Waals surface area contributed by atoms with E-state index in [1.54, 1.807) is 12.4 Å².